The normalized spacial score (nSPS) is 14.4. The van der Waals surface area contributed by atoms with E-state index in [1.165, 1.54) is 10.4 Å². The first-order chi connectivity index (χ1) is 17.4. The molecule has 0 bridgehead atoms. The van der Waals surface area contributed by atoms with Gasteiger partial charge in [0.05, 0.1) is 0 Å². The lowest BCUT2D eigenvalue weighted by Crippen LogP contribution is -2.66. The third kappa shape index (κ3) is 8.98. The zero-order chi connectivity index (χ0) is 28.8. The maximum absolute atomic E-state index is 13.1. The van der Waals surface area contributed by atoms with Crippen molar-refractivity contribution >= 4 is 30.8 Å². The van der Waals surface area contributed by atoms with Crippen molar-refractivity contribution in [2.45, 2.75) is 97.9 Å². The second kappa shape index (κ2) is 12.5. The number of carbonyl (C=O) groups excluding carboxylic acids is 2. The molecule has 1 amide bonds. The Morgan fingerprint density at radius 3 is 1.61 bits per heavy atom. The second-order valence-electron chi connectivity index (χ2n) is 13.0. The molecule has 6 nitrogen and oxygen atoms in total. The van der Waals surface area contributed by atoms with Crippen molar-refractivity contribution < 1.29 is 23.5 Å². The minimum absolute atomic E-state index is 0.0518. The molecule has 0 radical (unpaired) electrons. The Bertz CT molecular complexity index is 996. The summed E-state index contributed by atoms with van der Waals surface area (Å²) in [5.41, 5.74) is -1.36. The van der Waals surface area contributed by atoms with Crippen LogP contribution in [-0.4, -0.2) is 44.2 Å². The molecule has 0 aliphatic heterocycles. The molecule has 0 fully saturated rings. The van der Waals surface area contributed by atoms with Crippen molar-refractivity contribution in [3.63, 3.8) is 0 Å². The lowest BCUT2D eigenvalue weighted by molar-refractivity contribution is -0.158. The molecular weight excluding hydrogens is 494 g/mol. The van der Waals surface area contributed by atoms with Crippen LogP contribution in [-0.2, 0) is 18.7 Å². The average Bonchev–Trinajstić information content (AvgIpc) is 2.77. The van der Waals surface area contributed by atoms with Crippen molar-refractivity contribution in [1.29, 1.82) is 0 Å². The Morgan fingerprint density at radius 1 is 0.763 bits per heavy atom. The lowest BCUT2D eigenvalue weighted by atomic mass is 10.0. The summed E-state index contributed by atoms with van der Waals surface area (Å²) in [6.45, 7) is 19.9. The Balaban J connectivity index is 2.34. The molecule has 0 spiro atoms. The van der Waals surface area contributed by atoms with E-state index in [2.05, 4.69) is 74.6 Å². The van der Waals surface area contributed by atoms with Gasteiger partial charge in [0.2, 0.25) is 0 Å². The van der Waals surface area contributed by atoms with E-state index in [0.29, 0.717) is 13.0 Å². The molecule has 7 heteroatoms. The van der Waals surface area contributed by atoms with Gasteiger partial charge < -0.3 is 19.2 Å². The number of hydrogen-bond acceptors (Lipinski definition) is 5. The first kappa shape index (κ1) is 31.6. The van der Waals surface area contributed by atoms with Crippen molar-refractivity contribution in [3.05, 3.63) is 60.7 Å². The molecule has 0 aliphatic rings. The van der Waals surface area contributed by atoms with Gasteiger partial charge in [-0.15, -0.1) is 0 Å². The molecule has 2 atom stereocenters. The quantitative estimate of drug-likeness (QED) is 0.320. The van der Waals surface area contributed by atoms with Crippen LogP contribution in [0.3, 0.4) is 0 Å². The molecule has 0 saturated carbocycles. The predicted molar refractivity (Wildman–Crippen MR) is 156 cm³/mol. The highest BCUT2D eigenvalue weighted by molar-refractivity contribution is 6.99. The van der Waals surface area contributed by atoms with Gasteiger partial charge in [-0.1, -0.05) is 88.4 Å². The molecule has 0 aliphatic carbocycles. The van der Waals surface area contributed by atoms with Crippen LogP contribution in [0.1, 0.15) is 75.7 Å². The number of carbonyl (C=O) groups is 2. The van der Waals surface area contributed by atoms with Gasteiger partial charge in [-0.05, 0) is 69.3 Å². The number of nitrogens with one attached hydrogen (secondary N) is 1. The molecule has 210 valence electrons. The van der Waals surface area contributed by atoms with Crippen molar-refractivity contribution in [1.82, 2.24) is 5.32 Å². The lowest BCUT2D eigenvalue weighted by Gasteiger charge is -2.43. The van der Waals surface area contributed by atoms with E-state index in [0.717, 1.165) is 0 Å². The summed E-state index contributed by atoms with van der Waals surface area (Å²) in [7, 11) is -2.72. The van der Waals surface area contributed by atoms with E-state index in [9.17, 15) is 9.59 Å². The van der Waals surface area contributed by atoms with Crippen molar-refractivity contribution in [3.8, 4) is 0 Å². The Kier molecular flexibility index (Phi) is 10.4. The summed E-state index contributed by atoms with van der Waals surface area (Å²) >= 11 is 0. The number of rotatable bonds is 9. The minimum atomic E-state index is -2.72. The number of esters is 1. The zero-order valence-electron chi connectivity index (χ0n) is 24.9. The van der Waals surface area contributed by atoms with Crippen LogP contribution >= 0.6 is 0 Å². The molecular formula is C31H47NO5Si. The van der Waals surface area contributed by atoms with E-state index in [-0.39, 0.29) is 11.0 Å². The van der Waals surface area contributed by atoms with E-state index < -0.39 is 37.6 Å². The van der Waals surface area contributed by atoms with E-state index in [1.807, 2.05) is 39.8 Å². The minimum Gasteiger partial charge on any atom is -0.458 e. The summed E-state index contributed by atoms with van der Waals surface area (Å²) in [4.78, 5) is 25.6. The fourth-order valence-corrected chi connectivity index (χ4v) is 9.23. The van der Waals surface area contributed by atoms with E-state index >= 15 is 0 Å². The van der Waals surface area contributed by atoms with Gasteiger partial charge in [-0.3, -0.25) is 0 Å². The largest absolute Gasteiger partial charge is 0.458 e. The Labute approximate surface area is 230 Å². The van der Waals surface area contributed by atoms with Gasteiger partial charge >= 0.3 is 12.1 Å². The number of amides is 1. The monoisotopic (exact) mass is 541 g/mol. The highest BCUT2D eigenvalue weighted by Crippen LogP contribution is 2.37. The number of ether oxygens (including phenoxy) is 2. The van der Waals surface area contributed by atoms with Crippen LogP contribution in [0.4, 0.5) is 4.79 Å². The second-order valence-corrected chi connectivity index (χ2v) is 17.4. The van der Waals surface area contributed by atoms with Crippen molar-refractivity contribution in [2.24, 2.45) is 5.92 Å². The number of benzene rings is 2. The summed E-state index contributed by atoms with van der Waals surface area (Å²) in [5, 5.41) is 4.97. The molecule has 2 rings (SSSR count). The SMILES string of the molecule is C[C@@H](CO[Si](c1ccccc1)(c1ccccc1)C(C)(C)C)C[C@H](NC(=O)OC(C)(C)C)C(=O)OC(C)(C)C. The first-order valence-corrected chi connectivity index (χ1v) is 15.3. The van der Waals surface area contributed by atoms with E-state index in [1.54, 1.807) is 20.8 Å². The molecule has 2 aromatic carbocycles. The maximum atomic E-state index is 13.1. The zero-order valence-corrected chi connectivity index (χ0v) is 25.9. The third-order valence-electron chi connectivity index (χ3n) is 6.02. The standard InChI is InChI=1S/C31H47NO5Si/c1-23(21-26(27(33)36-29(2,3)4)32-28(34)37-30(5,6)7)22-35-38(31(8,9)10,24-17-13-11-14-18-24)25-19-15-12-16-20-25/h11-20,23,26H,21-22H2,1-10H3,(H,32,34)/t23-,26+/m1/s1. The van der Waals surface area contributed by atoms with Gasteiger partial charge in [0.25, 0.3) is 8.32 Å². The van der Waals surface area contributed by atoms with Crippen LogP contribution in [0.15, 0.2) is 60.7 Å². The van der Waals surface area contributed by atoms with Gasteiger partial charge in [0.1, 0.15) is 17.2 Å². The average molecular weight is 542 g/mol. The summed E-state index contributed by atoms with van der Waals surface area (Å²) in [5.74, 6) is -0.537. The summed E-state index contributed by atoms with van der Waals surface area (Å²) in [6, 6.07) is 20.0. The van der Waals surface area contributed by atoms with E-state index in [4.69, 9.17) is 13.9 Å². The Morgan fingerprint density at radius 2 is 1.21 bits per heavy atom. The highest BCUT2D eigenvalue weighted by Gasteiger charge is 2.50. The predicted octanol–water partition coefficient (Wildman–Crippen LogP) is 5.82. The van der Waals surface area contributed by atoms with Crippen LogP contribution in [0.2, 0.25) is 5.04 Å². The highest BCUT2D eigenvalue weighted by atomic mass is 28.4. The number of alkyl carbamates (subject to hydrolysis) is 1. The fourth-order valence-electron chi connectivity index (χ4n) is 4.54. The molecule has 0 aromatic heterocycles. The maximum Gasteiger partial charge on any atom is 0.408 e. The smallest absolute Gasteiger partial charge is 0.408 e. The van der Waals surface area contributed by atoms with Crippen molar-refractivity contribution in [2.75, 3.05) is 6.61 Å². The molecule has 0 unspecified atom stereocenters. The molecule has 38 heavy (non-hydrogen) atoms. The van der Waals surface area contributed by atoms with Crippen LogP contribution in [0.25, 0.3) is 0 Å². The van der Waals surface area contributed by atoms with Crippen LogP contribution in [0.5, 0.6) is 0 Å². The van der Waals surface area contributed by atoms with Gasteiger partial charge in [0.15, 0.2) is 0 Å². The van der Waals surface area contributed by atoms with Gasteiger partial charge in [0, 0.05) is 6.61 Å². The molecule has 0 heterocycles. The first-order valence-electron chi connectivity index (χ1n) is 13.4. The Hall–Kier alpha value is -2.64. The van der Waals surface area contributed by atoms with Crippen LogP contribution in [0, 0.1) is 5.92 Å². The summed E-state index contributed by atoms with van der Waals surface area (Å²) < 4.78 is 18.1. The molecule has 0 saturated heterocycles. The van der Waals surface area contributed by atoms with Crippen LogP contribution < -0.4 is 15.7 Å². The summed E-state index contributed by atoms with van der Waals surface area (Å²) in [6.07, 6.45) is -0.291. The molecule has 2 aromatic rings. The van der Waals surface area contributed by atoms with Gasteiger partial charge in [-0.2, -0.15) is 0 Å². The van der Waals surface area contributed by atoms with Gasteiger partial charge in [-0.25, -0.2) is 9.59 Å². The molecule has 1 N–H and O–H groups in total. The fraction of sp³-hybridized carbons (Fsp3) is 0.548. The third-order valence-corrected chi connectivity index (χ3v) is 11.0. The topological polar surface area (TPSA) is 73.9 Å². The number of hydrogen-bond donors (Lipinski definition) is 1.